The van der Waals surface area contributed by atoms with Crippen LogP contribution in [-0.2, 0) is 4.79 Å². The first-order valence-electron chi connectivity index (χ1n) is 5.86. The Kier molecular flexibility index (Phi) is 6.03. The molecule has 1 aromatic rings. The first kappa shape index (κ1) is 14.6. The fraction of sp³-hybridized carbons (Fsp3) is 0.125. The molecule has 0 aliphatic carbocycles. The van der Waals surface area contributed by atoms with Crippen LogP contribution in [0.5, 0.6) is 5.75 Å². The second-order valence-electron chi connectivity index (χ2n) is 3.72. The number of methoxy groups -OCH3 is 1. The van der Waals surface area contributed by atoms with Gasteiger partial charge in [0.2, 0.25) is 0 Å². The number of hydrogen-bond acceptors (Lipinski definition) is 3. The van der Waals surface area contributed by atoms with Crippen LogP contribution in [0.3, 0.4) is 0 Å². The van der Waals surface area contributed by atoms with Gasteiger partial charge in [0.05, 0.1) is 7.11 Å². The number of ether oxygens (including phenoxy) is 1. The number of benzene rings is 1. The summed E-state index contributed by atoms with van der Waals surface area (Å²) in [6, 6.07) is 7.50. The number of ketones is 1. The van der Waals surface area contributed by atoms with Crippen molar-refractivity contribution in [3.63, 3.8) is 0 Å². The lowest BCUT2D eigenvalue weighted by Crippen LogP contribution is -1.94. The van der Waals surface area contributed by atoms with Crippen LogP contribution >= 0.6 is 0 Å². The van der Waals surface area contributed by atoms with Crippen LogP contribution in [0.1, 0.15) is 12.5 Å². The molecular weight excluding hydrogens is 238 g/mol. The van der Waals surface area contributed by atoms with Gasteiger partial charge >= 0.3 is 0 Å². The highest BCUT2D eigenvalue weighted by molar-refractivity contribution is 6.08. The largest absolute Gasteiger partial charge is 0.497 e. The summed E-state index contributed by atoms with van der Waals surface area (Å²) in [6.07, 6.45) is 8.14. The molecule has 0 bridgehead atoms. The molecule has 0 unspecified atom stereocenters. The molecular formula is C16H17NO2. The fourth-order valence-corrected chi connectivity index (χ4v) is 1.47. The zero-order valence-corrected chi connectivity index (χ0v) is 11.2. The monoisotopic (exact) mass is 255 g/mol. The Morgan fingerprint density at radius 3 is 2.79 bits per heavy atom. The molecule has 0 N–H and O–H groups in total. The highest BCUT2D eigenvalue weighted by Gasteiger charge is 2.00. The van der Waals surface area contributed by atoms with E-state index in [1.54, 1.807) is 32.3 Å². The molecule has 3 heteroatoms. The second kappa shape index (κ2) is 7.82. The van der Waals surface area contributed by atoms with Gasteiger partial charge in [-0.3, -0.25) is 9.79 Å². The van der Waals surface area contributed by atoms with Gasteiger partial charge in [-0.05, 0) is 43.5 Å². The molecule has 0 fully saturated rings. The molecule has 0 saturated carbocycles. The topological polar surface area (TPSA) is 38.7 Å². The molecule has 0 heterocycles. The summed E-state index contributed by atoms with van der Waals surface area (Å²) in [5.74, 6) is 0.682. The SMILES string of the molecule is C=NC=CC(=CC)C(=O)C=Cc1cccc(OC)c1. The average Bonchev–Trinajstić information content (AvgIpc) is 2.46. The number of nitrogens with zero attached hydrogens (tertiary/aromatic N) is 1. The Morgan fingerprint density at radius 2 is 2.16 bits per heavy atom. The van der Waals surface area contributed by atoms with Crippen molar-refractivity contribution in [3.8, 4) is 5.75 Å². The maximum absolute atomic E-state index is 11.9. The molecule has 19 heavy (non-hydrogen) atoms. The Hall–Kier alpha value is -2.42. The number of aliphatic imine (C=N–C) groups is 1. The number of carbonyl (C=O) groups is 1. The van der Waals surface area contributed by atoms with E-state index in [0.717, 1.165) is 11.3 Å². The molecule has 0 spiro atoms. The maximum atomic E-state index is 11.9. The van der Waals surface area contributed by atoms with Gasteiger partial charge in [0.1, 0.15) is 5.75 Å². The summed E-state index contributed by atoms with van der Waals surface area (Å²) in [4.78, 5) is 15.5. The van der Waals surface area contributed by atoms with E-state index in [4.69, 9.17) is 4.74 Å². The van der Waals surface area contributed by atoms with Crippen molar-refractivity contribution >= 4 is 18.6 Å². The van der Waals surface area contributed by atoms with E-state index in [2.05, 4.69) is 11.7 Å². The average molecular weight is 255 g/mol. The predicted octanol–water partition coefficient (Wildman–Crippen LogP) is 3.44. The zero-order valence-electron chi connectivity index (χ0n) is 11.2. The summed E-state index contributed by atoms with van der Waals surface area (Å²) >= 11 is 0. The Morgan fingerprint density at radius 1 is 1.37 bits per heavy atom. The molecule has 1 rings (SSSR count). The zero-order chi connectivity index (χ0) is 14.1. The first-order chi connectivity index (χ1) is 9.21. The summed E-state index contributed by atoms with van der Waals surface area (Å²) < 4.78 is 5.12. The lowest BCUT2D eigenvalue weighted by molar-refractivity contribution is -0.111. The standard InChI is InChI=1S/C16H17NO2/c1-4-14(10-11-17-2)16(18)9-8-13-6-5-7-15(12-13)19-3/h4-12H,2H2,1,3H3. The predicted molar refractivity (Wildman–Crippen MR) is 79.5 cm³/mol. The Bertz CT molecular complexity index is 539. The number of allylic oxidation sites excluding steroid dienone is 4. The highest BCUT2D eigenvalue weighted by Crippen LogP contribution is 2.14. The molecule has 0 amide bonds. The van der Waals surface area contributed by atoms with E-state index in [9.17, 15) is 4.79 Å². The van der Waals surface area contributed by atoms with Gasteiger partial charge in [-0.15, -0.1) is 0 Å². The van der Waals surface area contributed by atoms with Crippen molar-refractivity contribution in [2.45, 2.75) is 6.92 Å². The van der Waals surface area contributed by atoms with Gasteiger partial charge in [0.25, 0.3) is 0 Å². The third-order valence-corrected chi connectivity index (χ3v) is 2.48. The number of carbonyl (C=O) groups excluding carboxylic acids is 1. The van der Waals surface area contributed by atoms with Gasteiger partial charge < -0.3 is 4.74 Å². The van der Waals surface area contributed by atoms with E-state index >= 15 is 0 Å². The molecule has 0 radical (unpaired) electrons. The molecule has 98 valence electrons. The molecule has 0 aliphatic rings. The quantitative estimate of drug-likeness (QED) is 0.443. The molecule has 0 aromatic heterocycles. The minimum Gasteiger partial charge on any atom is -0.497 e. The normalized spacial score (nSPS) is 12.0. The Labute approximate surface area is 113 Å². The van der Waals surface area contributed by atoms with Gasteiger partial charge in [-0.25, -0.2) is 0 Å². The number of rotatable bonds is 6. The van der Waals surface area contributed by atoms with Crippen LogP contribution in [0.4, 0.5) is 0 Å². The van der Waals surface area contributed by atoms with E-state index < -0.39 is 0 Å². The highest BCUT2D eigenvalue weighted by atomic mass is 16.5. The summed E-state index contributed by atoms with van der Waals surface area (Å²) in [6.45, 7) is 5.14. The van der Waals surface area contributed by atoms with Crippen molar-refractivity contribution in [3.05, 3.63) is 59.8 Å². The van der Waals surface area contributed by atoms with Crippen molar-refractivity contribution in [1.82, 2.24) is 0 Å². The van der Waals surface area contributed by atoms with Crippen LogP contribution in [0.25, 0.3) is 6.08 Å². The van der Waals surface area contributed by atoms with Crippen molar-refractivity contribution in [1.29, 1.82) is 0 Å². The van der Waals surface area contributed by atoms with E-state index in [1.165, 1.54) is 12.3 Å². The van der Waals surface area contributed by atoms with Crippen molar-refractivity contribution in [2.24, 2.45) is 4.99 Å². The van der Waals surface area contributed by atoms with Crippen LogP contribution in [-0.4, -0.2) is 19.6 Å². The molecule has 0 atom stereocenters. The van der Waals surface area contributed by atoms with Crippen LogP contribution < -0.4 is 4.74 Å². The number of hydrogen-bond donors (Lipinski definition) is 0. The van der Waals surface area contributed by atoms with Crippen LogP contribution in [0.15, 0.2) is 59.3 Å². The minimum atomic E-state index is -0.0785. The van der Waals surface area contributed by atoms with E-state index in [1.807, 2.05) is 24.3 Å². The van der Waals surface area contributed by atoms with Gasteiger partial charge in [0, 0.05) is 11.8 Å². The van der Waals surface area contributed by atoms with E-state index in [0.29, 0.717) is 5.57 Å². The summed E-state index contributed by atoms with van der Waals surface area (Å²) in [5.41, 5.74) is 1.49. The summed E-state index contributed by atoms with van der Waals surface area (Å²) in [5, 5.41) is 0. The van der Waals surface area contributed by atoms with Crippen molar-refractivity contribution < 1.29 is 9.53 Å². The third kappa shape index (κ3) is 4.76. The lowest BCUT2D eigenvalue weighted by atomic mass is 10.1. The fourth-order valence-electron chi connectivity index (χ4n) is 1.47. The molecule has 1 aromatic carbocycles. The van der Waals surface area contributed by atoms with Crippen molar-refractivity contribution in [2.75, 3.05) is 7.11 Å². The lowest BCUT2D eigenvalue weighted by Gasteiger charge is -2.00. The van der Waals surface area contributed by atoms with E-state index in [-0.39, 0.29) is 5.78 Å². The molecule has 0 aliphatic heterocycles. The molecule has 0 saturated heterocycles. The van der Waals surface area contributed by atoms with Gasteiger partial charge in [-0.2, -0.15) is 0 Å². The first-order valence-corrected chi connectivity index (χ1v) is 5.86. The maximum Gasteiger partial charge on any atom is 0.185 e. The van der Waals surface area contributed by atoms with Crippen LogP contribution in [0.2, 0.25) is 0 Å². The summed E-state index contributed by atoms with van der Waals surface area (Å²) in [7, 11) is 1.61. The Balaban J connectivity index is 2.82. The van der Waals surface area contributed by atoms with Crippen LogP contribution in [0, 0.1) is 0 Å². The van der Waals surface area contributed by atoms with Gasteiger partial charge in [0.15, 0.2) is 5.78 Å². The third-order valence-electron chi connectivity index (χ3n) is 2.48. The molecule has 3 nitrogen and oxygen atoms in total. The second-order valence-corrected chi connectivity index (χ2v) is 3.72. The van der Waals surface area contributed by atoms with Gasteiger partial charge in [-0.1, -0.05) is 24.3 Å². The minimum absolute atomic E-state index is 0.0785. The smallest absolute Gasteiger partial charge is 0.185 e.